The molecule has 7 nitrogen and oxygen atoms in total. The zero-order valence-corrected chi connectivity index (χ0v) is 21.6. The van der Waals surface area contributed by atoms with E-state index in [1.165, 1.54) is 17.0 Å². The van der Waals surface area contributed by atoms with Gasteiger partial charge >= 0.3 is 6.18 Å². The first kappa shape index (κ1) is 27.3. The SMILES string of the molecule is CC(C)CCNC(=O)C1(C(=O)N[C@H]2N=C(c3ccc(C(F)(F)F)cc3)c3ccccc3N(C)C2=O)CCC1. The van der Waals surface area contributed by atoms with Crippen LogP contribution in [0.15, 0.2) is 53.5 Å². The Morgan fingerprint density at radius 2 is 1.74 bits per heavy atom. The number of likely N-dealkylation sites (N-methyl/N-ethyl adjacent to an activating group) is 1. The van der Waals surface area contributed by atoms with E-state index in [1.807, 2.05) is 13.8 Å². The molecule has 1 aliphatic heterocycles. The molecule has 0 radical (unpaired) electrons. The van der Waals surface area contributed by atoms with Crippen LogP contribution in [0.1, 0.15) is 56.2 Å². The topological polar surface area (TPSA) is 90.9 Å². The second-order valence-corrected chi connectivity index (χ2v) is 10.2. The molecule has 1 fully saturated rings. The van der Waals surface area contributed by atoms with Gasteiger partial charge in [0.05, 0.1) is 17.0 Å². The van der Waals surface area contributed by atoms with Crippen molar-refractivity contribution in [2.75, 3.05) is 18.5 Å². The molecule has 202 valence electrons. The predicted molar refractivity (Wildman–Crippen MR) is 138 cm³/mol. The van der Waals surface area contributed by atoms with Gasteiger partial charge in [-0.1, -0.05) is 50.6 Å². The van der Waals surface area contributed by atoms with Crippen LogP contribution in [0.5, 0.6) is 0 Å². The summed E-state index contributed by atoms with van der Waals surface area (Å²) in [5, 5.41) is 5.52. The number of halogens is 3. The monoisotopic (exact) mass is 528 g/mol. The fourth-order valence-electron chi connectivity index (χ4n) is 4.66. The molecule has 10 heteroatoms. The minimum atomic E-state index is -4.50. The maximum Gasteiger partial charge on any atom is 0.416 e. The maximum atomic E-state index is 13.5. The summed E-state index contributed by atoms with van der Waals surface area (Å²) < 4.78 is 39.4. The van der Waals surface area contributed by atoms with Crippen molar-refractivity contribution in [3.8, 4) is 0 Å². The summed E-state index contributed by atoms with van der Waals surface area (Å²) in [5.74, 6) is -1.09. The third kappa shape index (κ3) is 5.30. The Morgan fingerprint density at radius 1 is 1.08 bits per heavy atom. The lowest BCUT2D eigenvalue weighted by atomic mass is 9.67. The Bertz CT molecular complexity index is 1250. The molecule has 0 spiro atoms. The van der Waals surface area contributed by atoms with Crippen molar-refractivity contribution in [1.29, 1.82) is 0 Å². The van der Waals surface area contributed by atoms with Crippen LogP contribution in [0.4, 0.5) is 18.9 Å². The Kier molecular flexibility index (Phi) is 7.62. The Hall–Kier alpha value is -3.69. The molecule has 4 rings (SSSR count). The molecular weight excluding hydrogens is 497 g/mol. The van der Waals surface area contributed by atoms with E-state index >= 15 is 0 Å². The molecule has 0 bridgehead atoms. The van der Waals surface area contributed by atoms with Gasteiger partial charge in [0.2, 0.25) is 18.0 Å². The number of rotatable bonds is 7. The second-order valence-electron chi connectivity index (χ2n) is 10.2. The zero-order chi connectivity index (χ0) is 27.7. The number of benzodiazepines with no additional fused rings is 1. The van der Waals surface area contributed by atoms with Gasteiger partial charge in [0, 0.05) is 24.7 Å². The summed E-state index contributed by atoms with van der Waals surface area (Å²) in [6.07, 6.45) is -3.67. The first-order chi connectivity index (χ1) is 17.9. The normalized spacial score (nSPS) is 18.7. The molecule has 1 saturated carbocycles. The number of amides is 3. The fourth-order valence-corrected chi connectivity index (χ4v) is 4.66. The number of nitrogens with zero attached hydrogens (tertiary/aromatic N) is 2. The zero-order valence-electron chi connectivity index (χ0n) is 21.6. The van der Waals surface area contributed by atoms with Crippen LogP contribution in [-0.4, -0.2) is 43.2 Å². The summed E-state index contributed by atoms with van der Waals surface area (Å²) >= 11 is 0. The van der Waals surface area contributed by atoms with Gasteiger partial charge in [-0.15, -0.1) is 0 Å². The van der Waals surface area contributed by atoms with Crippen molar-refractivity contribution in [2.24, 2.45) is 16.3 Å². The molecule has 2 aromatic carbocycles. The van der Waals surface area contributed by atoms with Crippen LogP contribution in [0, 0.1) is 11.3 Å². The van der Waals surface area contributed by atoms with Gasteiger partial charge in [0.1, 0.15) is 5.41 Å². The number of aliphatic imine (C=N–C) groups is 1. The van der Waals surface area contributed by atoms with Crippen LogP contribution < -0.4 is 15.5 Å². The molecule has 0 aromatic heterocycles. The molecule has 38 heavy (non-hydrogen) atoms. The van der Waals surface area contributed by atoms with Gasteiger partial charge in [-0.05, 0) is 43.4 Å². The van der Waals surface area contributed by atoms with Crippen LogP contribution in [-0.2, 0) is 20.6 Å². The van der Waals surface area contributed by atoms with E-state index in [2.05, 4.69) is 15.6 Å². The quantitative estimate of drug-likeness (QED) is 0.526. The van der Waals surface area contributed by atoms with Gasteiger partial charge in [-0.3, -0.25) is 14.4 Å². The lowest BCUT2D eigenvalue weighted by molar-refractivity contribution is -0.150. The second kappa shape index (κ2) is 10.6. The van der Waals surface area contributed by atoms with Crippen LogP contribution in [0.3, 0.4) is 0 Å². The van der Waals surface area contributed by atoms with E-state index in [0.29, 0.717) is 48.5 Å². The third-order valence-corrected chi connectivity index (χ3v) is 7.18. The number of benzene rings is 2. The molecule has 2 aromatic rings. The first-order valence-electron chi connectivity index (χ1n) is 12.7. The number of alkyl halides is 3. The number of carbonyl (C=O) groups is 3. The summed E-state index contributed by atoms with van der Waals surface area (Å²) in [6, 6.07) is 11.4. The Morgan fingerprint density at radius 3 is 2.32 bits per heavy atom. The minimum Gasteiger partial charge on any atom is -0.355 e. The largest absolute Gasteiger partial charge is 0.416 e. The summed E-state index contributed by atoms with van der Waals surface area (Å²) in [6.45, 7) is 4.52. The predicted octanol–water partition coefficient (Wildman–Crippen LogP) is 4.29. The van der Waals surface area contributed by atoms with Crippen molar-refractivity contribution < 1.29 is 27.6 Å². The van der Waals surface area contributed by atoms with Crippen molar-refractivity contribution in [2.45, 2.75) is 51.9 Å². The molecule has 2 N–H and O–H groups in total. The van der Waals surface area contributed by atoms with Crippen LogP contribution in [0.2, 0.25) is 0 Å². The highest BCUT2D eigenvalue weighted by Crippen LogP contribution is 2.42. The highest BCUT2D eigenvalue weighted by molar-refractivity contribution is 6.20. The summed E-state index contributed by atoms with van der Waals surface area (Å²) in [7, 11) is 1.54. The van der Waals surface area contributed by atoms with Gasteiger partial charge in [0.15, 0.2) is 0 Å². The third-order valence-electron chi connectivity index (χ3n) is 7.18. The Balaban J connectivity index is 1.67. The standard InChI is InChI=1S/C28H31F3N4O3/c1-17(2)13-16-32-25(37)27(14-6-15-27)26(38)34-23-24(36)35(3)21-8-5-4-7-20(21)22(33-23)18-9-11-19(12-10-18)28(29,30)31/h4-5,7-12,17,23H,6,13-16H2,1-3H3,(H,32,37)(H,34,38)/t23-/m1/s1. The van der Waals surface area contributed by atoms with Gasteiger partial charge < -0.3 is 15.5 Å². The molecular formula is C28H31F3N4O3. The first-order valence-corrected chi connectivity index (χ1v) is 12.7. The van der Waals surface area contributed by atoms with E-state index in [9.17, 15) is 27.6 Å². The molecule has 1 atom stereocenters. The van der Waals surface area contributed by atoms with E-state index in [0.717, 1.165) is 18.6 Å². The fraction of sp³-hybridized carbons (Fsp3) is 0.429. The molecule has 0 unspecified atom stereocenters. The van der Waals surface area contributed by atoms with Gasteiger partial charge in [0.25, 0.3) is 5.91 Å². The van der Waals surface area contributed by atoms with Crippen molar-refractivity contribution in [1.82, 2.24) is 10.6 Å². The highest BCUT2D eigenvalue weighted by Gasteiger charge is 2.51. The molecule has 1 heterocycles. The average Bonchev–Trinajstić information content (AvgIpc) is 2.93. The number of hydrogen-bond donors (Lipinski definition) is 2. The number of nitrogens with one attached hydrogen (secondary N) is 2. The number of hydrogen-bond acceptors (Lipinski definition) is 4. The van der Waals surface area contributed by atoms with Crippen LogP contribution in [0.25, 0.3) is 0 Å². The van der Waals surface area contributed by atoms with E-state index in [-0.39, 0.29) is 11.6 Å². The number of anilines is 1. The molecule has 1 aliphatic carbocycles. The van der Waals surface area contributed by atoms with Gasteiger partial charge in [-0.25, -0.2) is 4.99 Å². The number of para-hydroxylation sites is 1. The molecule has 3 amide bonds. The average molecular weight is 529 g/mol. The van der Waals surface area contributed by atoms with Crippen molar-refractivity contribution in [3.05, 3.63) is 65.2 Å². The smallest absolute Gasteiger partial charge is 0.355 e. The lowest BCUT2D eigenvalue weighted by Crippen LogP contribution is -2.58. The molecule has 2 aliphatic rings. The molecule has 0 saturated heterocycles. The van der Waals surface area contributed by atoms with E-state index in [4.69, 9.17) is 0 Å². The Labute approximate surface area is 219 Å². The lowest BCUT2D eigenvalue weighted by Gasteiger charge is -2.39. The van der Waals surface area contributed by atoms with Gasteiger partial charge in [-0.2, -0.15) is 13.2 Å². The summed E-state index contributed by atoms with van der Waals surface area (Å²) in [4.78, 5) is 45.8. The number of fused-ring (bicyclic) bond motifs is 1. The minimum absolute atomic E-state index is 0.265. The maximum absolute atomic E-state index is 13.5. The summed E-state index contributed by atoms with van der Waals surface area (Å²) in [5.41, 5.74) is -0.433. The van der Waals surface area contributed by atoms with E-state index < -0.39 is 35.1 Å². The van der Waals surface area contributed by atoms with E-state index in [1.54, 1.807) is 31.3 Å². The highest BCUT2D eigenvalue weighted by atomic mass is 19.4. The number of carbonyl (C=O) groups excluding carboxylic acids is 3. The van der Waals surface area contributed by atoms with Crippen LogP contribution >= 0.6 is 0 Å². The van der Waals surface area contributed by atoms with Crippen molar-refractivity contribution >= 4 is 29.1 Å². The van der Waals surface area contributed by atoms with Crippen molar-refractivity contribution in [3.63, 3.8) is 0 Å².